The summed E-state index contributed by atoms with van der Waals surface area (Å²) in [6.45, 7) is 0. The number of amides is 1. The van der Waals surface area contributed by atoms with E-state index in [0.717, 1.165) is 0 Å². The van der Waals surface area contributed by atoms with Gasteiger partial charge in [-0.3, -0.25) is 4.79 Å². The molecule has 0 unspecified atom stereocenters. The number of nitrogens with one attached hydrogen (secondary N) is 1. The maximum absolute atomic E-state index is 13.1. The Balaban J connectivity index is 1.80. The number of rotatable bonds is 4. The molecule has 4 aromatic carbocycles. The van der Waals surface area contributed by atoms with Gasteiger partial charge in [0.05, 0.1) is 5.69 Å². The minimum atomic E-state index is -0.563. The number of aromatic hydroxyl groups is 1. The van der Waals surface area contributed by atoms with Crippen LogP contribution in [0.25, 0.3) is 10.8 Å². The zero-order chi connectivity index (χ0) is 21.1. The summed E-state index contributed by atoms with van der Waals surface area (Å²) in [4.78, 5) is 12.8. The number of benzene rings is 4. The number of phenols is 1. The molecule has 148 valence electrons. The standard InChI is InChI=1S/C23H16ClN3O3/c24-15-10-11-20(28)19(13-15)26-27-21-17-9-5-4-6-14(17)12-18(22(21)29)23(30)25-16-7-2-1-3-8-16/h1-13,28-29H,(H,25,30)/p-1. The molecule has 0 spiro atoms. The number of carbonyl (C=O) groups excluding carboxylic acids is 1. The van der Waals surface area contributed by atoms with Crippen LogP contribution in [0, 0.1) is 0 Å². The number of nitrogens with zero attached hydrogens (tertiary/aromatic N) is 2. The topological polar surface area (TPSA) is 97.1 Å². The first-order valence-electron chi connectivity index (χ1n) is 9.02. The summed E-state index contributed by atoms with van der Waals surface area (Å²) in [5, 5.41) is 35.4. The molecule has 2 N–H and O–H groups in total. The van der Waals surface area contributed by atoms with Gasteiger partial charge in [0.2, 0.25) is 0 Å². The fourth-order valence-electron chi connectivity index (χ4n) is 2.98. The van der Waals surface area contributed by atoms with Crippen LogP contribution in [0.5, 0.6) is 11.5 Å². The third kappa shape index (κ3) is 3.94. The number of hydrogen-bond donors (Lipinski definition) is 2. The number of hydrogen-bond acceptors (Lipinski definition) is 5. The van der Waals surface area contributed by atoms with E-state index in [-0.39, 0.29) is 22.7 Å². The summed E-state index contributed by atoms with van der Waals surface area (Å²) in [6.07, 6.45) is 0. The lowest BCUT2D eigenvalue weighted by molar-refractivity contribution is -0.267. The minimum Gasteiger partial charge on any atom is -0.870 e. The van der Waals surface area contributed by atoms with E-state index < -0.39 is 11.7 Å². The van der Waals surface area contributed by atoms with Crippen molar-refractivity contribution in [2.75, 3.05) is 5.32 Å². The van der Waals surface area contributed by atoms with Crippen LogP contribution in [0.4, 0.5) is 17.1 Å². The fraction of sp³-hybridized carbons (Fsp3) is 0. The Hall–Kier alpha value is -3.90. The molecule has 0 aliphatic rings. The van der Waals surface area contributed by atoms with E-state index in [2.05, 4.69) is 15.5 Å². The highest BCUT2D eigenvalue weighted by molar-refractivity contribution is 6.30. The number of phenolic OH excluding ortho intramolecular Hbond substituents is 1. The Morgan fingerprint density at radius 2 is 1.67 bits per heavy atom. The molecular formula is C23H15ClN3O3-. The number of azo groups is 1. The molecule has 7 heteroatoms. The lowest BCUT2D eigenvalue weighted by atomic mass is 10.0. The normalized spacial score (nSPS) is 11.1. The highest BCUT2D eigenvalue weighted by atomic mass is 35.5. The second-order valence-corrected chi connectivity index (χ2v) is 6.91. The van der Waals surface area contributed by atoms with Crippen LogP contribution in [0.2, 0.25) is 5.02 Å². The molecule has 0 radical (unpaired) electrons. The van der Waals surface area contributed by atoms with Gasteiger partial charge in [-0.2, -0.15) is 5.11 Å². The summed E-state index contributed by atoms with van der Waals surface area (Å²) in [6, 6.07) is 21.8. The summed E-state index contributed by atoms with van der Waals surface area (Å²) in [5.41, 5.74) is 0.639. The largest absolute Gasteiger partial charge is 0.870 e. The molecule has 0 saturated heterocycles. The number of carbonyl (C=O) groups is 1. The minimum absolute atomic E-state index is 0.00527. The van der Waals surface area contributed by atoms with Crippen molar-refractivity contribution in [3.63, 3.8) is 0 Å². The number of halogens is 1. The fourth-order valence-corrected chi connectivity index (χ4v) is 3.14. The average molecular weight is 417 g/mol. The molecule has 6 nitrogen and oxygen atoms in total. The van der Waals surface area contributed by atoms with E-state index in [0.29, 0.717) is 21.5 Å². The molecule has 0 fully saturated rings. The Morgan fingerprint density at radius 1 is 0.933 bits per heavy atom. The third-order valence-corrected chi connectivity index (χ3v) is 4.68. The van der Waals surface area contributed by atoms with Crippen molar-refractivity contribution in [1.29, 1.82) is 0 Å². The van der Waals surface area contributed by atoms with Gasteiger partial charge in [-0.25, -0.2) is 0 Å². The van der Waals surface area contributed by atoms with Gasteiger partial charge >= 0.3 is 0 Å². The lowest BCUT2D eigenvalue weighted by Gasteiger charge is -2.18. The molecule has 4 aromatic rings. The van der Waals surface area contributed by atoms with E-state index in [1.54, 1.807) is 48.5 Å². The summed E-state index contributed by atoms with van der Waals surface area (Å²) < 4.78 is 0. The lowest BCUT2D eigenvalue weighted by Crippen LogP contribution is -2.14. The predicted molar refractivity (Wildman–Crippen MR) is 115 cm³/mol. The average Bonchev–Trinajstić information content (AvgIpc) is 2.75. The van der Waals surface area contributed by atoms with E-state index in [1.165, 1.54) is 24.3 Å². The van der Waals surface area contributed by atoms with Crippen LogP contribution >= 0.6 is 11.6 Å². The SMILES string of the molecule is O=C(Nc1ccccc1)c1cc2ccccc2c(N=Nc2cc(Cl)ccc2O)c1[O-]. The molecular weight excluding hydrogens is 402 g/mol. The summed E-state index contributed by atoms with van der Waals surface area (Å²) in [5.74, 6) is -1.23. The van der Waals surface area contributed by atoms with Gasteiger partial charge in [0.1, 0.15) is 11.4 Å². The van der Waals surface area contributed by atoms with Crippen LogP contribution in [-0.4, -0.2) is 11.0 Å². The Bertz CT molecular complexity index is 1270. The van der Waals surface area contributed by atoms with E-state index in [9.17, 15) is 15.0 Å². The molecule has 30 heavy (non-hydrogen) atoms. The van der Waals surface area contributed by atoms with Crippen LogP contribution in [0.15, 0.2) is 89.1 Å². The van der Waals surface area contributed by atoms with Crippen molar-refractivity contribution in [2.45, 2.75) is 0 Å². The van der Waals surface area contributed by atoms with Crippen molar-refractivity contribution in [1.82, 2.24) is 0 Å². The van der Waals surface area contributed by atoms with Gasteiger partial charge in [-0.15, -0.1) is 5.11 Å². The molecule has 0 aliphatic carbocycles. The van der Waals surface area contributed by atoms with Crippen LogP contribution in [-0.2, 0) is 0 Å². The summed E-state index contributed by atoms with van der Waals surface area (Å²) >= 11 is 5.94. The van der Waals surface area contributed by atoms with E-state index in [4.69, 9.17) is 11.6 Å². The first kappa shape index (κ1) is 19.4. The van der Waals surface area contributed by atoms with Crippen molar-refractivity contribution in [2.24, 2.45) is 10.2 Å². The zero-order valence-electron chi connectivity index (χ0n) is 15.5. The van der Waals surface area contributed by atoms with Gasteiger partial charge in [0.15, 0.2) is 0 Å². The third-order valence-electron chi connectivity index (χ3n) is 4.45. The Morgan fingerprint density at radius 3 is 2.47 bits per heavy atom. The van der Waals surface area contributed by atoms with Gasteiger partial charge in [-0.1, -0.05) is 59.8 Å². The maximum Gasteiger partial charge on any atom is 0.255 e. The van der Waals surface area contributed by atoms with Gasteiger partial charge in [-0.05, 0) is 41.8 Å². The van der Waals surface area contributed by atoms with Crippen molar-refractivity contribution < 1.29 is 15.0 Å². The molecule has 0 aliphatic heterocycles. The highest BCUT2D eigenvalue weighted by Crippen LogP contribution is 2.39. The Kier molecular flexibility index (Phi) is 5.32. The predicted octanol–water partition coefficient (Wildman–Crippen LogP) is 5.94. The van der Waals surface area contributed by atoms with Gasteiger partial charge in [0, 0.05) is 21.7 Å². The molecule has 0 bridgehead atoms. The number of anilines is 1. The number of para-hydroxylation sites is 1. The molecule has 0 atom stereocenters. The second-order valence-electron chi connectivity index (χ2n) is 6.48. The van der Waals surface area contributed by atoms with Crippen molar-refractivity contribution in [3.8, 4) is 11.5 Å². The molecule has 1 amide bonds. The van der Waals surface area contributed by atoms with Gasteiger partial charge in [0.25, 0.3) is 5.91 Å². The van der Waals surface area contributed by atoms with Crippen LogP contribution < -0.4 is 10.4 Å². The van der Waals surface area contributed by atoms with E-state index in [1.807, 2.05) is 6.07 Å². The van der Waals surface area contributed by atoms with Crippen LogP contribution in [0.3, 0.4) is 0 Å². The van der Waals surface area contributed by atoms with Crippen molar-refractivity contribution in [3.05, 3.63) is 89.4 Å². The Labute approximate surface area is 177 Å². The van der Waals surface area contributed by atoms with E-state index >= 15 is 0 Å². The molecule has 0 saturated carbocycles. The first-order chi connectivity index (χ1) is 14.5. The molecule has 0 heterocycles. The van der Waals surface area contributed by atoms with Crippen LogP contribution in [0.1, 0.15) is 10.4 Å². The smallest absolute Gasteiger partial charge is 0.255 e. The highest BCUT2D eigenvalue weighted by Gasteiger charge is 2.13. The quantitative estimate of drug-likeness (QED) is 0.403. The first-order valence-corrected chi connectivity index (χ1v) is 9.40. The number of fused-ring (bicyclic) bond motifs is 1. The molecule has 0 aromatic heterocycles. The maximum atomic E-state index is 13.1. The second kappa shape index (κ2) is 8.23. The van der Waals surface area contributed by atoms with Crippen molar-refractivity contribution >= 4 is 45.3 Å². The summed E-state index contributed by atoms with van der Waals surface area (Å²) in [7, 11) is 0. The monoisotopic (exact) mass is 416 g/mol. The zero-order valence-corrected chi connectivity index (χ0v) is 16.3. The molecule has 4 rings (SSSR count). The van der Waals surface area contributed by atoms with Gasteiger partial charge < -0.3 is 15.5 Å².